The molecule has 1 aliphatic heterocycles. The molecule has 1 aliphatic rings. The van der Waals surface area contributed by atoms with Crippen LogP contribution in [0.25, 0.3) is 0 Å². The number of methoxy groups -OCH3 is 1. The molecule has 1 fully saturated rings. The molecule has 5 nitrogen and oxygen atoms in total. The minimum absolute atomic E-state index is 0.0625. The van der Waals surface area contributed by atoms with Crippen LogP contribution < -0.4 is 10.1 Å². The van der Waals surface area contributed by atoms with Gasteiger partial charge in [-0.15, -0.1) is 0 Å². The summed E-state index contributed by atoms with van der Waals surface area (Å²) in [5.41, 5.74) is 2.04. The maximum atomic E-state index is 12.5. The molecule has 1 N–H and O–H groups in total. The lowest BCUT2D eigenvalue weighted by molar-refractivity contribution is 0.146. The van der Waals surface area contributed by atoms with Gasteiger partial charge in [0.15, 0.2) is 0 Å². The van der Waals surface area contributed by atoms with Crippen molar-refractivity contribution in [2.45, 2.75) is 12.3 Å². The lowest BCUT2D eigenvalue weighted by Crippen LogP contribution is -2.32. The van der Waals surface area contributed by atoms with Crippen LogP contribution in [0.5, 0.6) is 5.75 Å². The number of rotatable bonds is 6. The third-order valence-electron chi connectivity index (χ3n) is 4.39. The van der Waals surface area contributed by atoms with Crippen molar-refractivity contribution in [3.05, 3.63) is 60.2 Å². The molecule has 0 unspecified atom stereocenters. The van der Waals surface area contributed by atoms with Crippen LogP contribution in [-0.2, 0) is 4.74 Å². The average Bonchev–Trinajstić information content (AvgIpc) is 3.13. The number of hydrogen-bond donors (Lipinski definition) is 1. The normalized spacial score (nSPS) is 16.7. The van der Waals surface area contributed by atoms with Crippen LogP contribution in [0.2, 0.25) is 0 Å². The van der Waals surface area contributed by atoms with Crippen LogP contribution in [0, 0.1) is 0 Å². The molecule has 0 bridgehead atoms. The van der Waals surface area contributed by atoms with Crippen LogP contribution in [0.3, 0.4) is 0 Å². The third kappa shape index (κ3) is 4.73. The Balaban J connectivity index is 1.55. The molecule has 1 atom stereocenters. The summed E-state index contributed by atoms with van der Waals surface area (Å²) in [7, 11) is 1.64. The summed E-state index contributed by atoms with van der Waals surface area (Å²) in [4.78, 5) is 14.4. The van der Waals surface area contributed by atoms with Gasteiger partial charge in [-0.25, -0.2) is 4.79 Å². The van der Waals surface area contributed by atoms with E-state index in [0.29, 0.717) is 19.1 Å². The molecule has 2 amide bonds. The van der Waals surface area contributed by atoms with E-state index in [1.807, 2.05) is 47.4 Å². The number of amides is 2. The van der Waals surface area contributed by atoms with Crippen molar-refractivity contribution in [2.24, 2.45) is 0 Å². The zero-order chi connectivity index (χ0) is 17.5. The highest BCUT2D eigenvalue weighted by Crippen LogP contribution is 2.27. The van der Waals surface area contributed by atoms with Crippen molar-refractivity contribution >= 4 is 11.7 Å². The van der Waals surface area contributed by atoms with Crippen molar-refractivity contribution in [3.63, 3.8) is 0 Å². The van der Waals surface area contributed by atoms with Gasteiger partial charge in [0, 0.05) is 37.9 Å². The van der Waals surface area contributed by atoms with Crippen molar-refractivity contribution in [3.8, 4) is 5.75 Å². The Morgan fingerprint density at radius 3 is 2.80 bits per heavy atom. The number of anilines is 1. The molecular formula is C20H24N2O3. The Labute approximate surface area is 148 Å². The molecule has 0 aliphatic carbocycles. The van der Waals surface area contributed by atoms with Crippen molar-refractivity contribution in [1.82, 2.24) is 4.90 Å². The molecule has 3 rings (SSSR count). The fourth-order valence-corrected chi connectivity index (χ4v) is 3.05. The molecule has 0 radical (unpaired) electrons. The Morgan fingerprint density at radius 1 is 1.16 bits per heavy atom. The highest BCUT2D eigenvalue weighted by Gasteiger charge is 2.27. The predicted molar refractivity (Wildman–Crippen MR) is 98.2 cm³/mol. The van der Waals surface area contributed by atoms with Gasteiger partial charge >= 0.3 is 6.03 Å². The number of nitrogens with zero attached hydrogens (tertiary/aromatic N) is 1. The minimum atomic E-state index is -0.0625. The highest BCUT2D eigenvalue weighted by atomic mass is 16.5. The van der Waals surface area contributed by atoms with E-state index >= 15 is 0 Å². The summed E-state index contributed by atoms with van der Waals surface area (Å²) in [6, 6.07) is 17.8. The first-order valence-electron chi connectivity index (χ1n) is 8.59. The van der Waals surface area contributed by atoms with E-state index in [4.69, 9.17) is 9.47 Å². The molecule has 0 spiro atoms. The number of hydrogen-bond acceptors (Lipinski definition) is 3. The van der Waals surface area contributed by atoms with Crippen molar-refractivity contribution < 1.29 is 14.3 Å². The highest BCUT2D eigenvalue weighted by molar-refractivity contribution is 5.89. The Morgan fingerprint density at radius 2 is 2.00 bits per heavy atom. The van der Waals surface area contributed by atoms with E-state index in [0.717, 1.165) is 30.9 Å². The van der Waals surface area contributed by atoms with Crippen LogP contribution in [0.15, 0.2) is 54.6 Å². The molecular weight excluding hydrogens is 316 g/mol. The third-order valence-corrected chi connectivity index (χ3v) is 4.39. The first kappa shape index (κ1) is 17.3. The second kappa shape index (κ2) is 8.53. The summed E-state index contributed by atoms with van der Waals surface area (Å²) in [6.45, 7) is 2.54. The van der Waals surface area contributed by atoms with Gasteiger partial charge in [0.2, 0.25) is 0 Å². The molecule has 1 saturated heterocycles. The fraction of sp³-hybridized carbons (Fsp3) is 0.350. The number of carbonyl (C=O) groups is 1. The van der Waals surface area contributed by atoms with Gasteiger partial charge in [0.25, 0.3) is 0 Å². The maximum Gasteiger partial charge on any atom is 0.321 e. The molecule has 1 heterocycles. The second-order valence-corrected chi connectivity index (χ2v) is 6.14. The molecule has 5 heteroatoms. The van der Waals surface area contributed by atoms with Crippen molar-refractivity contribution in [1.29, 1.82) is 0 Å². The smallest absolute Gasteiger partial charge is 0.321 e. The Bertz CT molecular complexity index is 690. The van der Waals surface area contributed by atoms with Gasteiger partial charge in [-0.1, -0.05) is 36.4 Å². The van der Waals surface area contributed by atoms with E-state index in [-0.39, 0.29) is 6.03 Å². The number of benzene rings is 2. The van der Waals surface area contributed by atoms with Crippen LogP contribution in [0.4, 0.5) is 10.5 Å². The molecule has 2 aromatic rings. The lowest BCUT2D eigenvalue weighted by Gasteiger charge is -2.18. The molecule has 0 aromatic heterocycles. The van der Waals surface area contributed by atoms with Crippen LogP contribution >= 0.6 is 0 Å². The number of carbonyl (C=O) groups excluding carboxylic acids is 1. The SMILES string of the molecule is COCCOc1cccc(NC(=O)N2CC[C@H](c3ccccc3)C2)c1. The summed E-state index contributed by atoms with van der Waals surface area (Å²) in [6.07, 6.45) is 0.998. The standard InChI is InChI=1S/C20H24N2O3/c1-24-12-13-25-19-9-5-8-18(14-19)21-20(23)22-11-10-17(15-22)16-6-3-2-4-7-16/h2-9,14,17H,10-13,15H2,1H3,(H,21,23)/t17-/m0/s1. The van der Waals surface area contributed by atoms with Gasteiger partial charge in [-0.05, 0) is 24.1 Å². The first-order chi connectivity index (χ1) is 12.3. The van der Waals surface area contributed by atoms with E-state index in [9.17, 15) is 4.79 Å². The summed E-state index contributed by atoms with van der Waals surface area (Å²) >= 11 is 0. The predicted octanol–water partition coefficient (Wildman–Crippen LogP) is 3.73. The number of urea groups is 1. The van der Waals surface area contributed by atoms with Gasteiger partial charge in [0.05, 0.1) is 6.61 Å². The average molecular weight is 340 g/mol. The Hall–Kier alpha value is -2.53. The number of ether oxygens (including phenoxy) is 2. The molecule has 0 saturated carbocycles. The van der Waals surface area contributed by atoms with Crippen molar-refractivity contribution in [2.75, 3.05) is 38.7 Å². The first-order valence-corrected chi connectivity index (χ1v) is 8.59. The monoisotopic (exact) mass is 340 g/mol. The Kier molecular flexibility index (Phi) is 5.90. The summed E-state index contributed by atoms with van der Waals surface area (Å²) in [5.74, 6) is 1.13. The van der Waals surface area contributed by atoms with Gasteiger partial charge in [0.1, 0.15) is 12.4 Å². The quantitative estimate of drug-likeness (QED) is 0.815. The van der Waals surface area contributed by atoms with Crippen LogP contribution in [0.1, 0.15) is 17.9 Å². The lowest BCUT2D eigenvalue weighted by atomic mass is 9.99. The van der Waals surface area contributed by atoms with Gasteiger partial charge in [-0.3, -0.25) is 0 Å². The second-order valence-electron chi connectivity index (χ2n) is 6.14. The van der Waals surface area contributed by atoms with Gasteiger partial charge in [-0.2, -0.15) is 0 Å². The fourth-order valence-electron chi connectivity index (χ4n) is 3.05. The maximum absolute atomic E-state index is 12.5. The van der Waals surface area contributed by atoms with E-state index in [1.54, 1.807) is 7.11 Å². The summed E-state index contributed by atoms with van der Waals surface area (Å²) in [5, 5.41) is 2.96. The van der Waals surface area contributed by atoms with Crippen LogP contribution in [-0.4, -0.2) is 44.3 Å². The largest absolute Gasteiger partial charge is 0.491 e. The number of nitrogens with one attached hydrogen (secondary N) is 1. The minimum Gasteiger partial charge on any atom is -0.491 e. The topological polar surface area (TPSA) is 50.8 Å². The van der Waals surface area contributed by atoms with E-state index in [2.05, 4.69) is 17.4 Å². The molecule has 2 aromatic carbocycles. The zero-order valence-electron chi connectivity index (χ0n) is 14.5. The molecule has 132 valence electrons. The summed E-state index contributed by atoms with van der Waals surface area (Å²) < 4.78 is 10.6. The zero-order valence-corrected chi connectivity index (χ0v) is 14.5. The molecule has 25 heavy (non-hydrogen) atoms. The van der Waals surface area contributed by atoms with E-state index < -0.39 is 0 Å². The van der Waals surface area contributed by atoms with E-state index in [1.165, 1.54) is 5.56 Å². The van der Waals surface area contributed by atoms with Gasteiger partial charge < -0.3 is 19.7 Å². The number of likely N-dealkylation sites (tertiary alicyclic amines) is 1.